The largest absolute Gasteiger partial charge is 0.474 e. The molecule has 1 aliphatic carbocycles. The molecule has 2 aliphatic rings. The zero-order valence-electron chi connectivity index (χ0n) is 21.9. The van der Waals surface area contributed by atoms with Gasteiger partial charge in [0.25, 0.3) is 0 Å². The van der Waals surface area contributed by atoms with E-state index in [1.807, 2.05) is 57.2 Å². The molecule has 2 aromatic heterocycles. The first-order valence-corrected chi connectivity index (χ1v) is 13.3. The van der Waals surface area contributed by atoms with Crippen LogP contribution in [0.1, 0.15) is 69.6 Å². The topological polar surface area (TPSA) is 82.4 Å². The van der Waals surface area contributed by atoms with Gasteiger partial charge in [0.15, 0.2) is 0 Å². The van der Waals surface area contributed by atoms with Crippen LogP contribution in [-0.2, 0) is 17.6 Å². The fourth-order valence-corrected chi connectivity index (χ4v) is 5.44. The summed E-state index contributed by atoms with van der Waals surface area (Å²) in [6.07, 6.45) is 6.56. The summed E-state index contributed by atoms with van der Waals surface area (Å²) in [5.74, 6) is 2.76. The molecule has 1 saturated carbocycles. The molecule has 37 heavy (non-hydrogen) atoms. The van der Waals surface area contributed by atoms with Crippen LogP contribution >= 0.6 is 11.6 Å². The number of hydrogen-bond acceptors (Lipinski definition) is 6. The van der Waals surface area contributed by atoms with Gasteiger partial charge in [-0.15, -0.1) is 10.2 Å². The minimum Gasteiger partial charge on any atom is -0.474 e. The van der Waals surface area contributed by atoms with Gasteiger partial charge < -0.3 is 14.4 Å². The summed E-state index contributed by atoms with van der Waals surface area (Å²) in [7, 11) is 1.79. The van der Waals surface area contributed by atoms with Crippen LogP contribution in [0.25, 0.3) is 5.69 Å². The molecule has 1 aliphatic heterocycles. The van der Waals surface area contributed by atoms with Gasteiger partial charge in [-0.3, -0.25) is 4.57 Å². The Labute approximate surface area is 223 Å². The van der Waals surface area contributed by atoms with Crippen molar-refractivity contribution in [1.29, 1.82) is 0 Å². The van der Waals surface area contributed by atoms with Crippen molar-refractivity contribution in [3.8, 4) is 11.6 Å². The lowest BCUT2D eigenvalue weighted by Gasteiger charge is -2.30. The molecule has 3 aromatic rings. The summed E-state index contributed by atoms with van der Waals surface area (Å²) in [5, 5.41) is 9.98. The van der Waals surface area contributed by atoms with E-state index in [1.54, 1.807) is 18.1 Å². The Morgan fingerprint density at radius 1 is 1.08 bits per heavy atom. The van der Waals surface area contributed by atoms with E-state index in [0.29, 0.717) is 23.7 Å². The van der Waals surface area contributed by atoms with E-state index in [-0.39, 0.29) is 24.2 Å². The molecular formula is C28H34ClN5O3. The summed E-state index contributed by atoms with van der Waals surface area (Å²) >= 11 is 6.41. The lowest BCUT2D eigenvalue weighted by molar-refractivity contribution is 0.0221. The Morgan fingerprint density at radius 2 is 1.86 bits per heavy atom. The third kappa shape index (κ3) is 5.74. The highest BCUT2D eigenvalue weighted by Crippen LogP contribution is 2.37. The van der Waals surface area contributed by atoms with E-state index in [1.165, 1.54) is 0 Å². The van der Waals surface area contributed by atoms with Gasteiger partial charge in [0, 0.05) is 42.7 Å². The maximum absolute atomic E-state index is 12.9. The number of likely N-dealkylation sites (N-methyl/N-ethyl adjacent to an activating group) is 1. The highest BCUT2D eigenvalue weighted by atomic mass is 35.5. The number of fused-ring (bicyclic) bond motifs is 3. The molecule has 9 heteroatoms. The van der Waals surface area contributed by atoms with E-state index >= 15 is 0 Å². The molecule has 1 amide bonds. The van der Waals surface area contributed by atoms with Gasteiger partial charge in [-0.05, 0) is 82.7 Å². The average molecular weight is 524 g/mol. The molecule has 1 fully saturated rings. The second kappa shape index (κ2) is 10.3. The number of aromatic nitrogens is 4. The minimum atomic E-state index is -0.566. The number of carbonyl (C=O) groups is 1. The Bertz CT molecular complexity index is 1250. The van der Waals surface area contributed by atoms with Crippen LogP contribution in [0.4, 0.5) is 4.79 Å². The Hall–Kier alpha value is -3.13. The molecule has 5 rings (SSSR count). The summed E-state index contributed by atoms with van der Waals surface area (Å²) < 4.78 is 13.9. The van der Waals surface area contributed by atoms with Gasteiger partial charge in [0.1, 0.15) is 23.4 Å². The van der Waals surface area contributed by atoms with Crippen LogP contribution in [0.15, 0.2) is 42.6 Å². The van der Waals surface area contributed by atoms with Crippen LogP contribution < -0.4 is 4.74 Å². The lowest BCUT2D eigenvalue weighted by atomic mass is 9.86. The van der Waals surface area contributed by atoms with Gasteiger partial charge in [-0.25, -0.2) is 9.78 Å². The first-order valence-electron chi connectivity index (χ1n) is 12.9. The normalized spacial score (nSPS) is 21.4. The van der Waals surface area contributed by atoms with Gasteiger partial charge in [-0.2, -0.15) is 0 Å². The van der Waals surface area contributed by atoms with E-state index in [9.17, 15) is 4.79 Å². The van der Waals surface area contributed by atoms with Crippen molar-refractivity contribution in [2.45, 2.75) is 83.0 Å². The van der Waals surface area contributed by atoms with Crippen LogP contribution in [0.3, 0.4) is 0 Å². The number of pyridine rings is 1. The standard InChI is InChI=1S/C28H34ClN5O3/c1-28(2,3)37-27(35)33(4)21-16-19-15-20(29)10-13-23(19)34-24(17-21)31-32-26(34)18-8-11-22(12-9-18)36-25-7-5-6-14-30-25/h5-7,10,13-15,18,21-22H,8-9,11-12,16-17H2,1-4H3/t18?,21-,22?/m0/s1. The smallest absolute Gasteiger partial charge is 0.410 e. The number of amides is 1. The van der Waals surface area contributed by atoms with Crippen molar-refractivity contribution in [2.24, 2.45) is 0 Å². The highest BCUT2D eigenvalue weighted by molar-refractivity contribution is 6.30. The molecule has 0 bridgehead atoms. The third-order valence-electron chi connectivity index (χ3n) is 7.11. The monoisotopic (exact) mass is 523 g/mol. The number of halogens is 1. The molecule has 0 unspecified atom stereocenters. The Morgan fingerprint density at radius 3 is 2.57 bits per heavy atom. The average Bonchev–Trinajstić information content (AvgIpc) is 3.19. The summed E-state index contributed by atoms with van der Waals surface area (Å²) in [4.78, 5) is 18.9. The minimum absolute atomic E-state index is 0.132. The van der Waals surface area contributed by atoms with Gasteiger partial charge in [-0.1, -0.05) is 17.7 Å². The highest BCUT2D eigenvalue weighted by Gasteiger charge is 2.34. The quantitative estimate of drug-likeness (QED) is 0.432. The second-order valence-corrected chi connectivity index (χ2v) is 11.4. The van der Waals surface area contributed by atoms with Crippen LogP contribution in [0, 0.1) is 0 Å². The molecule has 0 saturated heterocycles. The molecule has 0 spiro atoms. The van der Waals surface area contributed by atoms with Gasteiger partial charge >= 0.3 is 6.09 Å². The maximum atomic E-state index is 12.9. The number of ether oxygens (including phenoxy) is 2. The number of benzene rings is 1. The molecule has 0 radical (unpaired) electrons. The first kappa shape index (κ1) is 25.5. The molecule has 196 valence electrons. The molecule has 1 aromatic carbocycles. The van der Waals surface area contributed by atoms with Crippen molar-refractivity contribution in [3.05, 3.63) is 64.8 Å². The number of rotatable bonds is 4. The van der Waals surface area contributed by atoms with Crippen molar-refractivity contribution in [2.75, 3.05) is 7.05 Å². The van der Waals surface area contributed by atoms with Crippen LogP contribution in [0.5, 0.6) is 5.88 Å². The molecular weight excluding hydrogens is 490 g/mol. The third-order valence-corrected chi connectivity index (χ3v) is 7.34. The van der Waals surface area contributed by atoms with E-state index in [2.05, 4.69) is 19.7 Å². The maximum Gasteiger partial charge on any atom is 0.410 e. The molecule has 0 N–H and O–H groups in total. The van der Waals surface area contributed by atoms with Crippen molar-refractivity contribution in [3.63, 3.8) is 0 Å². The zero-order chi connectivity index (χ0) is 26.2. The predicted octanol–water partition coefficient (Wildman–Crippen LogP) is 5.76. The van der Waals surface area contributed by atoms with Crippen molar-refractivity contribution < 1.29 is 14.3 Å². The fraction of sp³-hybridized carbons (Fsp3) is 0.500. The van der Waals surface area contributed by atoms with Gasteiger partial charge in [0.2, 0.25) is 5.88 Å². The van der Waals surface area contributed by atoms with Crippen LogP contribution in [0.2, 0.25) is 5.02 Å². The predicted molar refractivity (Wildman–Crippen MR) is 141 cm³/mol. The Balaban J connectivity index is 1.39. The van der Waals surface area contributed by atoms with Crippen molar-refractivity contribution in [1.82, 2.24) is 24.6 Å². The number of hydrogen-bond donors (Lipinski definition) is 0. The molecule has 8 nitrogen and oxygen atoms in total. The zero-order valence-corrected chi connectivity index (χ0v) is 22.6. The summed E-state index contributed by atoms with van der Waals surface area (Å²) in [6.45, 7) is 5.62. The summed E-state index contributed by atoms with van der Waals surface area (Å²) in [6, 6.07) is 11.5. The Kier molecular flexibility index (Phi) is 7.12. The fourth-order valence-electron chi connectivity index (χ4n) is 5.25. The van der Waals surface area contributed by atoms with Crippen LogP contribution in [-0.4, -0.2) is 55.5 Å². The van der Waals surface area contributed by atoms with E-state index in [4.69, 9.17) is 21.1 Å². The lowest BCUT2D eigenvalue weighted by Crippen LogP contribution is -2.42. The summed E-state index contributed by atoms with van der Waals surface area (Å²) in [5.41, 5.74) is 1.54. The number of nitrogens with zero attached hydrogens (tertiary/aromatic N) is 5. The van der Waals surface area contributed by atoms with Gasteiger partial charge in [0.05, 0.1) is 5.69 Å². The molecule has 1 atom stereocenters. The first-order chi connectivity index (χ1) is 17.7. The molecule has 3 heterocycles. The van der Waals surface area contributed by atoms with E-state index < -0.39 is 5.60 Å². The number of carbonyl (C=O) groups excluding carboxylic acids is 1. The SMILES string of the molecule is CN(C(=O)OC(C)(C)C)[C@H]1Cc2cc(Cl)ccc2-n2c(nnc2C2CCC(Oc3ccccn3)CC2)C1. The van der Waals surface area contributed by atoms with E-state index in [0.717, 1.165) is 48.6 Å². The second-order valence-electron chi connectivity index (χ2n) is 11.0. The van der Waals surface area contributed by atoms with Crippen molar-refractivity contribution >= 4 is 17.7 Å².